The molecule has 1 saturated carbocycles. The monoisotopic (exact) mass is 236 g/mol. The molecule has 0 saturated heterocycles. The quantitative estimate of drug-likeness (QED) is 0.753. The van der Waals surface area contributed by atoms with Crippen LogP contribution in [0.2, 0.25) is 0 Å². The Labute approximate surface area is 101 Å². The van der Waals surface area contributed by atoms with Gasteiger partial charge in [-0.3, -0.25) is 4.79 Å². The SMILES string of the molecule is COC(=O)[C@@H](c1ccc(F)cc1)C1CCCC1. The molecule has 0 N–H and O–H groups in total. The van der Waals surface area contributed by atoms with Crippen molar-refractivity contribution >= 4 is 5.97 Å². The smallest absolute Gasteiger partial charge is 0.313 e. The Bertz CT molecular complexity index is 380. The molecular formula is C14H17FO2. The van der Waals surface area contributed by atoms with Gasteiger partial charge in [-0.05, 0) is 36.5 Å². The molecule has 1 aliphatic rings. The molecule has 0 aliphatic heterocycles. The van der Waals surface area contributed by atoms with E-state index in [4.69, 9.17) is 4.74 Å². The topological polar surface area (TPSA) is 26.3 Å². The van der Waals surface area contributed by atoms with E-state index in [0.717, 1.165) is 18.4 Å². The number of methoxy groups -OCH3 is 1. The molecule has 0 amide bonds. The lowest BCUT2D eigenvalue weighted by molar-refractivity contribution is -0.143. The first-order valence-electron chi connectivity index (χ1n) is 6.05. The summed E-state index contributed by atoms with van der Waals surface area (Å²) in [5.41, 5.74) is 0.866. The highest BCUT2D eigenvalue weighted by molar-refractivity contribution is 5.78. The predicted molar refractivity (Wildman–Crippen MR) is 63.1 cm³/mol. The van der Waals surface area contributed by atoms with Crippen LogP contribution >= 0.6 is 0 Å². The molecule has 0 heterocycles. The van der Waals surface area contributed by atoms with Crippen LogP contribution in [0.25, 0.3) is 0 Å². The summed E-state index contributed by atoms with van der Waals surface area (Å²) in [6.45, 7) is 0. The molecule has 0 aromatic heterocycles. The molecular weight excluding hydrogens is 219 g/mol. The minimum atomic E-state index is -0.274. The van der Waals surface area contributed by atoms with E-state index >= 15 is 0 Å². The molecule has 1 atom stereocenters. The molecule has 0 unspecified atom stereocenters. The summed E-state index contributed by atoms with van der Waals surface area (Å²) in [7, 11) is 1.41. The van der Waals surface area contributed by atoms with E-state index in [9.17, 15) is 9.18 Å². The number of carbonyl (C=O) groups excluding carboxylic acids is 1. The number of carbonyl (C=O) groups is 1. The fourth-order valence-corrected chi connectivity index (χ4v) is 2.69. The van der Waals surface area contributed by atoms with Crippen LogP contribution in [0.4, 0.5) is 4.39 Å². The third-order valence-electron chi connectivity index (χ3n) is 3.56. The molecule has 0 spiro atoms. The van der Waals surface area contributed by atoms with Crippen LogP contribution in [0.5, 0.6) is 0 Å². The Balaban J connectivity index is 2.25. The van der Waals surface area contributed by atoms with E-state index in [2.05, 4.69) is 0 Å². The Hall–Kier alpha value is -1.38. The summed E-state index contributed by atoms with van der Waals surface area (Å²) in [5.74, 6) is -0.372. The molecule has 0 radical (unpaired) electrons. The highest BCUT2D eigenvalue weighted by Crippen LogP contribution is 2.38. The van der Waals surface area contributed by atoms with Gasteiger partial charge in [-0.25, -0.2) is 4.39 Å². The van der Waals surface area contributed by atoms with Gasteiger partial charge in [-0.15, -0.1) is 0 Å². The van der Waals surface area contributed by atoms with Crippen molar-refractivity contribution in [3.63, 3.8) is 0 Å². The highest BCUT2D eigenvalue weighted by Gasteiger charge is 2.32. The van der Waals surface area contributed by atoms with Crippen molar-refractivity contribution < 1.29 is 13.9 Å². The molecule has 0 bridgehead atoms. The molecule has 1 aromatic rings. The highest BCUT2D eigenvalue weighted by atomic mass is 19.1. The van der Waals surface area contributed by atoms with Crippen molar-refractivity contribution in [1.82, 2.24) is 0 Å². The van der Waals surface area contributed by atoms with Gasteiger partial charge in [0.1, 0.15) is 5.82 Å². The zero-order valence-electron chi connectivity index (χ0n) is 9.99. The molecule has 1 aromatic carbocycles. The van der Waals surface area contributed by atoms with E-state index in [-0.39, 0.29) is 17.7 Å². The number of rotatable bonds is 3. The van der Waals surface area contributed by atoms with Crippen LogP contribution in [-0.4, -0.2) is 13.1 Å². The number of ether oxygens (including phenoxy) is 1. The lowest BCUT2D eigenvalue weighted by Gasteiger charge is -2.21. The van der Waals surface area contributed by atoms with Gasteiger partial charge in [0.05, 0.1) is 13.0 Å². The fourth-order valence-electron chi connectivity index (χ4n) is 2.69. The largest absolute Gasteiger partial charge is 0.469 e. The first kappa shape index (κ1) is 12.1. The van der Waals surface area contributed by atoms with Gasteiger partial charge in [0.2, 0.25) is 0 Å². The second kappa shape index (κ2) is 5.30. The maximum atomic E-state index is 12.9. The lowest BCUT2D eigenvalue weighted by Crippen LogP contribution is -2.21. The van der Waals surface area contributed by atoms with Crippen LogP contribution in [-0.2, 0) is 9.53 Å². The zero-order valence-corrected chi connectivity index (χ0v) is 9.99. The average molecular weight is 236 g/mol. The third-order valence-corrected chi connectivity index (χ3v) is 3.56. The summed E-state index contributed by atoms with van der Waals surface area (Å²) < 4.78 is 17.8. The van der Waals surface area contributed by atoms with Gasteiger partial charge >= 0.3 is 5.97 Å². The minimum absolute atomic E-state index is 0.205. The minimum Gasteiger partial charge on any atom is -0.469 e. The molecule has 3 heteroatoms. The lowest BCUT2D eigenvalue weighted by atomic mass is 9.85. The summed E-state index contributed by atoms with van der Waals surface area (Å²) >= 11 is 0. The van der Waals surface area contributed by atoms with E-state index in [1.807, 2.05) is 0 Å². The molecule has 17 heavy (non-hydrogen) atoms. The van der Waals surface area contributed by atoms with Crippen LogP contribution < -0.4 is 0 Å². The zero-order chi connectivity index (χ0) is 12.3. The first-order valence-corrected chi connectivity index (χ1v) is 6.05. The Morgan fingerprint density at radius 1 is 1.29 bits per heavy atom. The van der Waals surface area contributed by atoms with Crippen molar-refractivity contribution in [2.75, 3.05) is 7.11 Å². The van der Waals surface area contributed by atoms with Gasteiger partial charge in [0.15, 0.2) is 0 Å². The van der Waals surface area contributed by atoms with E-state index in [1.165, 1.54) is 32.1 Å². The summed E-state index contributed by atoms with van der Waals surface area (Å²) in [6, 6.07) is 6.19. The maximum absolute atomic E-state index is 12.9. The number of benzene rings is 1. The summed E-state index contributed by atoms with van der Waals surface area (Å²) in [6.07, 6.45) is 4.44. The van der Waals surface area contributed by atoms with Gasteiger partial charge in [0, 0.05) is 0 Å². The van der Waals surface area contributed by atoms with Gasteiger partial charge in [-0.1, -0.05) is 25.0 Å². The number of esters is 1. The van der Waals surface area contributed by atoms with Crippen molar-refractivity contribution in [2.24, 2.45) is 5.92 Å². The normalized spacial score (nSPS) is 18.0. The van der Waals surface area contributed by atoms with Crippen LogP contribution in [0.1, 0.15) is 37.2 Å². The molecule has 1 fully saturated rings. The van der Waals surface area contributed by atoms with Crippen LogP contribution in [0.3, 0.4) is 0 Å². The average Bonchev–Trinajstić information content (AvgIpc) is 2.85. The number of hydrogen-bond acceptors (Lipinski definition) is 2. The Kier molecular flexibility index (Phi) is 3.77. The van der Waals surface area contributed by atoms with E-state index in [1.54, 1.807) is 12.1 Å². The Morgan fingerprint density at radius 3 is 2.41 bits per heavy atom. The third kappa shape index (κ3) is 2.65. The summed E-state index contributed by atoms with van der Waals surface area (Å²) in [4.78, 5) is 11.9. The van der Waals surface area contributed by atoms with Crippen molar-refractivity contribution in [3.8, 4) is 0 Å². The fraction of sp³-hybridized carbons (Fsp3) is 0.500. The second-order valence-electron chi connectivity index (χ2n) is 4.60. The standard InChI is InChI=1S/C14H17FO2/c1-17-14(16)13(10-4-2-3-5-10)11-6-8-12(15)9-7-11/h6-10,13H,2-5H2,1H3/t13-/m1/s1. The van der Waals surface area contributed by atoms with E-state index < -0.39 is 0 Å². The van der Waals surface area contributed by atoms with Crippen molar-refractivity contribution in [2.45, 2.75) is 31.6 Å². The van der Waals surface area contributed by atoms with Gasteiger partial charge in [-0.2, -0.15) is 0 Å². The van der Waals surface area contributed by atoms with Gasteiger partial charge in [0.25, 0.3) is 0 Å². The first-order chi connectivity index (χ1) is 8.22. The number of hydrogen-bond donors (Lipinski definition) is 0. The van der Waals surface area contributed by atoms with Gasteiger partial charge < -0.3 is 4.74 Å². The van der Waals surface area contributed by atoms with Crippen LogP contribution in [0, 0.1) is 11.7 Å². The summed E-state index contributed by atoms with van der Waals surface area (Å²) in [5, 5.41) is 0. The molecule has 2 nitrogen and oxygen atoms in total. The second-order valence-corrected chi connectivity index (χ2v) is 4.60. The predicted octanol–water partition coefficient (Wildman–Crippen LogP) is 3.27. The molecule has 92 valence electrons. The number of halogens is 1. The van der Waals surface area contributed by atoms with Crippen molar-refractivity contribution in [3.05, 3.63) is 35.6 Å². The van der Waals surface area contributed by atoms with Crippen molar-refractivity contribution in [1.29, 1.82) is 0 Å². The maximum Gasteiger partial charge on any atom is 0.313 e. The van der Waals surface area contributed by atoms with Crippen LogP contribution in [0.15, 0.2) is 24.3 Å². The molecule has 1 aliphatic carbocycles. The Morgan fingerprint density at radius 2 is 1.88 bits per heavy atom. The molecule has 2 rings (SSSR count). The van der Waals surface area contributed by atoms with E-state index in [0.29, 0.717) is 5.92 Å².